The molecule has 0 saturated heterocycles. The number of rotatable bonds is 23. The lowest BCUT2D eigenvalue weighted by Crippen LogP contribution is -2.38. The predicted molar refractivity (Wildman–Crippen MR) is 148 cm³/mol. The third-order valence-electron chi connectivity index (χ3n) is 5.36. The van der Waals surface area contributed by atoms with Crippen LogP contribution in [0.5, 0.6) is 0 Å². The van der Waals surface area contributed by atoms with Crippen LogP contribution in [0, 0.1) is 11.8 Å². The van der Waals surface area contributed by atoms with E-state index in [2.05, 4.69) is 27.5 Å². The van der Waals surface area contributed by atoms with Gasteiger partial charge in [-0.3, -0.25) is 14.4 Å². The fourth-order valence-electron chi connectivity index (χ4n) is 3.45. The molecule has 1 aromatic heterocycles. The number of aromatic nitrogens is 3. The Morgan fingerprint density at radius 3 is 1.88 bits per heavy atom. The minimum Gasteiger partial charge on any atom is -0.481 e. The van der Waals surface area contributed by atoms with Gasteiger partial charge in [-0.2, -0.15) is 0 Å². The number of nitrogens with zero attached hydrogens (tertiary/aromatic N) is 3. The molecule has 3 N–H and O–H groups in total. The van der Waals surface area contributed by atoms with E-state index in [0.717, 1.165) is 11.3 Å². The van der Waals surface area contributed by atoms with Crippen LogP contribution in [0.3, 0.4) is 0 Å². The van der Waals surface area contributed by atoms with Crippen LogP contribution >= 0.6 is 0 Å². The van der Waals surface area contributed by atoms with Crippen LogP contribution in [-0.2, 0) is 44.7 Å². The Hall–Kier alpha value is -3.87. The van der Waals surface area contributed by atoms with Gasteiger partial charge < -0.3 is 39.2 Å². The van der Waals surface area contributed by atoms with E-state index in [1.165, 1.54) is 0 Å². The van der Waals surface area contributed by atoms with E-state index in [1.807, 2.05) is 30.5 Å². The second-order valence-corrected chi connectivity index (χ2v) is 8.79. The Labute approximate surface area is 244 Å². The Morgan fingerprint density at radius 2 is 1.36 bits per heavy atom. The third kappa shape index (κ3) is 15.8. The van der Waals surface area contributed by atoms with Gasteiger partial charge in [-0.1, -0.05) is 11.1 Å². The van der Waals surface area contributed by atoms with Gasteiger partial charge in [0.05, 0.1) is 90.8 Å². The topological polar surface area (TPSA) is 181 Å². The van der Waals surface area contributed by atoms with Gasteiger partial charge in [0.25, 0.3) is 0 Å². The number of amides is 1. The molecule has 0 atom stereocenters. The van der Waals surface area contributed by atoms with Crippen LogP contribution in [0.15, 0.2) is 30.5 Å². The largest absolute Gasteiger partial charge is 0.481 e. The first-order valence-corrected chi connectivity index (χ1v) is 13.4. The average molecular weight is 591 g/mol. The summed E-state index contributed by atoms with van der Waals surface area (Å²) in [6.07, 6.45) is 0.870. The van der Waals surface area contributed by atoms with Crippen LogP contribution in [0.25, 0.3) is 5.69 Å². The maximum absolute atomic E-state index is 11.8. The molecule has 1 aromatic carbocycles. The van der Waals surface area contributed by atoms with Crippen LogP contribution < -0.4 is 5.32 Å². The highest BCUT2D eigenvalue weighted by Crippen LogP contribution is 2.09. The lowest BCUT2D eigenvalue weighted by molar-refractivity contribution is -0.139. The Morgan fingerprint density at radius 1 is 0.833 bits per heavy atom. The van der Waals surface area contributed by atoms with Crippen molar-refractivity contribution in [2.45, 2.75) is 38.8 Å². The van der Waals surface area contributed by atoms with Crippen LogP contribution in [-0.4, -0.2) is 109 Å². The van der Waals surface area contributed by atoms with E-state index < -0.39 is 36.7 Å². The zero-order valence-electron chi connectivity index (χ0n) is 23.7. The molecule has 0 spiro atoms. The van der Waals surface area contributed by atoms with Crippen molar-refractivity contribution in [3.8, 4) is 17.5 Å². The van der Waals surface area contributed by atoms with Gasteiger partial charge >= 0.3 is 11.9 Å². The lowest BCUT2D eigenvalue weighted by atomic mass is 10.1. The minimum absolute atomic E-state index is 0.0176. The molecule has 0 saturated carbocycles. The molecule has 2 rings (SSSR count). The molecule has 0 aliphatic rings. The van der Waals surface area contributed by atoms with Gasteiger partial charge in [0, 0.05) is 18.0 Å². The molecular weight excluding hydrogens is 552 g/mol. The summed E-state index contributed by atoms with van der Waals surface area (Å²) in [5, 5.41) is 28.2. The normalized spacial score (nSPS) is 10.8. The summed E-state index contributed by atoms with van der Waals surface area (Å²) in [6, 6.07) is 6.76. The van der Waals surface area contributed by atoms with Crippen molar-refractivity contribution in [1.29, 1.82) is 0 Å². The molecular formula is C28H38N4O10. The Balaban J connectivity index is 1.37. The van der Waals surface area contributed by atoms with Crippen LogP contribution in [0.4, 0.5) is 0 Å². The number of hydrogen-bond donors (Lipinski definition) is 3. The first kappa shape index (κ1) is 34.3. The van der Waals surface area contributed by atoms with Gasteiger partial charge in [0.2, 0.25) is 5.91 Å². The highest BCUT2D eigenvalue weighted by Gasteiger charge is 2.19. The van der Waals surface area contributed by atoms with Crippen molar-refractivity contribution in [2.24, 2.45) is 0 Å². The Bertz CT molecular complexity index is 1130. The SMILES string of the molecule is CC#Cc1ccc(-n2cc(COCCOCCOCCOCCOCCC(=O)NC(CC(=O)O)CC(=O)O)nn2)cc1. The third-order valence-corrected chi connectivity index (χ3v) is 5.36. The van der Waals surface area contributed by atoms with Crippen LogP contribution in [0.2, 0.25) is 0 Å². The number of carbonyl (C=O) groups excluding carboxylic acids is 1. The summed E-state index contributed by atoms with van der Waals surface area (Å²) in [5.41, 5.74) is 2.55. The highest BCUT2D eigenvalue weighted by molar-refractivity contribution is 5.79. The van der Waals surface area contributed by atoms with E-state index in [9.17, 15) is 14.4 Å². The molecule has 0 fully saturated rings. The number of ether oxygens (including phenoxy) is 5. The molecule has 14 heteroatoms. The molecule has 0 aliphatic carbocycles. The highest BCUT2D eigenvalue weighted by atomic mass is 16.6. The monoisotopic (exact) mass is 590 g/mol. The molecule has 1 heterocycles. The van der Waals surface area contributed by atoms with Crippen molar-refractivity contribution in [1.82, 2.24) is 20.3 Å². The van der Waals surface area contributed by atoms with Gasteiger partial charge in [0.1, 0.15) is 5.69 Å². The number of carboxylic acid groups (broad SMARTS) is 2. The number of aliphatic carboxylic acids is 2. The van der Waals surface area contributed by atoms with E-state index in [1.54, 1.807) is 11.6 Å². The molecule has 42 heavy (non-hydrogen) atoms. The molecule has 0 radical (unpaired) electrons. The van der Waals surface area contributed by atoms with Crippen LogP contribution in [0.1, 0.15) is 37.4 Å². The second kappa shape index (κ2) is 20.9. The maximum atomic E-state index is 11.8. The lowest BCUT2D eigenvalue weighted by Gasteiger charge is -2.14. The van der Waals surface area contributed by atoms with E-state index in [4.69, 9.17) is 33.9 Å². The van der Waals surface area contributed by atoms with Gasteiger partial charge in [-0.25, -0.2) is 4.68 Å². The quantitative estimate of drug-likeness (QED) is 0.124. The molecule has 0 aliphatic heterocycles. The average Bonchev–Trinajstić information content (AvgIpc) is 3.41. The fraction of sp³-hybridized carbons (Fsp3) is 0.536. The zero-order chi connectivity index (χ0) is 30.4. The second-order valence-electron chi connectivity index (χ2n) is 8.79. The number of nitrogens with one attached hydrogen (secondary N) is 1. The van der Waals surface area contributed by atoms with Crippen molar-refractivity contribution in [2.75, 3.05) is 59.5 Å². The fourth-order valence-corrected chi connectivity index (χ4v) is 3.45. The summed E-state index contributed by atoms with van der Waals surface area (Å²) in [6.45, 7) is 5.23. The molecule has 0 unspecified atom stereocenters. The minimum atomic E-state index is -1.19. The molecule has 14 nitrogen and oxygen atoms in total. The summed E-state index contributed by atoms with van der Waals surface area (Å²) in [7, 11) is 0. The molecule has 2 aromatic rings. The summed E-state index contributed by atoms with van der Waals surface area (Å²) >= 11 is 0. The smallest absolute Gasteiger partial charge is 0.305 e. The van der Waals surface area contributed by atoms with Crippen molar-refractivity contribution in [3.63, 3.8) is 0 Å². The van der Waals surface area contributed by atoms with Crippen molar-refractivity contribution < 1.29 is 48.3 Å². The molecule has 0 bridgehead atoms. The number of hydrogen-bond acceptors (Lipinski definition) is 10. The maximum Gasteiger partial charge on any atom is 0.305 e. The van der Waals surface area contributed by atoms with Crippen molar-refractivity contribution >= 4 is 17.8 Å². The van der Waals surface area contributed by atoms with E-state index in [0.29, 0.717) is 58.5 Å². The zero-order valence-corrected chi connectivity index (χ0v) is 23.7. The Kier molecular flexibility index (Phi) is 17.1. The van der Waals surface area contributed by atoms with Crippen molar-refractivity contribution in [3.05, 3.63) is 41.7 Å². The number of benzene rings is 1. The summed E-state index contributed by atoms with van der Waals surface area (Å²) in [5.74, 6) is 3.01. The summed E-state index contributed by atoms with van der Waals surface area (Å²) in [4.78, 5) is 33.4. The molecule has 230 valence electrons. The summed E-state index contributed by atoms with van der Waals surface area (Å²) < 4.78 is 28.8. The standard InChI is InChI=1S/C28H38N4O10/c1-2-3-22-4-6-25(7-5-22)32-20-24(30-31-32)21-42-17-16-41-15-14-40-13-12-39-11-10-38-9-8-26(33)29-23(18-27(34)35)19-28(36)37/h4-7,20,23H,8-19,21H2,1H3,(H,29,33)(H,34,35)(H,36,37). The number of carbonyl (C=O) groups is 3. The predicted octanol–water partition coefficient (Wildman–Crippen LogP) is 1.05. The van der Waals surface area contributed by atoms with Gasteiger partial charge in [0.15, 0.2) is 0 Å². The van der Waals surface area contributed by atoms with E-state index >= 15 is 0 Å². The number of carboxylic acids is 2. The van der Waals surface area contributed by atoms with E-state index in [-0.39, 0.29) is 19.6 Å². The first-order chi connectivity index (χ1) is 20.4. The first-order valence-electron chi connectivity index (χ1n) is 13.4. The van der Waals surface area contributed by atoms with Gasteiger partial charge in [-0.15, -0.1) is 11.0 Å². The molecule has 1 amide bonds. The van der Waals surface area contributed by atoms with Gasteiger partial charge in [-0.05, 0) is 31.2 Å².